The number of hydrogen-bond acceptors (Lipinski definition) is 17. The maximum atomic E-state index is 15.2. The van der Waals surface area contributed by atoms with Gasteiger partial charge in [0.25, 0.3) is 0 Å². The van der Waals surface area contributed by atoms with Crippen LogP contribution in [0.2, 0.25) is 58.4 Å². The van der Waals surface area contributed by atoms with E-state index in [0.717, 1.165) is 36.3 Å². The quantitative estimate of drug-likeness (QED) is 0.0423. The number of aliphatic hydroxyl groups excluding tert-OH is 1. The molecule has 0 aromatic rings. The first-order chi connectivity index (χ1) is 47.7. The standard InChI is InChI=1S/C79H133NO17Si3/c1-21-45-86-76(83)72-69-48-64(94-77-74(82)73(80-78(84)87-46-22-2)75(62(19)93-77)98(23-3,24-4)55(9)10)42-40-38-36-34-32-30-29-31-33-35-37-39-41-58(15)59(16)60(17)61(18)92-71(81)50-65-47-63(88-53-89-65)43-44-67(96-99(25-5,26-6)56(11)12)68-49-66(90-54-91-68)51-79(85-20,95-69)52-70(72)97-100(27-7,28-8)57(13)14/h21-22,29-42,55-70,72-75,77,82H,1-2,23-28,43-54H2,3-20H3,(H,80,84)/b30-29+,33-31+,34-32+,37-35+,38-36+,41-39+,42-40+/t58-,59?,60+,61-,62+,63+,64-,65+,66-,67+,68+,69?,70-,72-,73+,74+,75+,77-,79+/m0/s1. The van der Waals surface area contributed by atoms with Gasteiger partial charge in [-0.3, -0.25) is 9.59 Å². The number of rotatable bonds is 23. The molecule has 100 heavy (non-hydrogen) atoms. The Morgan fingerprint density at radius 2 is 1.17 bits per heavy atom. The number of ether oxygens (including phenoxy) is 11. The normalized spacial score (nSPS) is 35.3. The van der Waals surface area contributed by atoms with Crippen LogP contribution in [-0.2, 0) is 70.5 Å². The Hall–Kier alpha value is -3.92. The van der Waals surface area contributed by atoms with Crippen LogP contribution in [-0.4, -0.2) is 167 Å². The van der Waals surface area contributed by atoms with Gasteiger partial charge in [-0.2, -0.15) is 0 Å². The first-order valence-corrected chi connectivity index (χ1v) is 45.4. The Labute approximate surface area is 606 Å². The van der Waals surface area contributed by atoms with Crippen molar-refractivity contribution in [1.29, 1.82) is 0 Å². The molecule has 4 fully saturated rings. The minimum absolute atomic E-state index is 0.00201. The second-order valence-corrected chi connectivity index (χ2v) is 45.2. The lowest BCUT2D eigenvalue weighted by Gasteiger charge is -2.53. The highest BCUT2D eigenvalue weighted by Crippen LogP contribution is 2.50. The number of carbonyl (C=O) groups is 3. The van der Waals surface area contributed by atoms with Crippen LogP contribution in [0.3, 0.4) is 0 Å². The van der Waals surface area contributed by atoms with Gasteiger partial charge in [-0.25, -0.2) is 4.79 Å². The van der Waals surface area contributed by atoms with Gasteiger partial charge in [0.2, 0.25) is 0 Å². The number of allylic oxidation sites excluding steroid dienone is 13. The fourth-order valence-corrected chi connectivity index (χ4v) is 29.4. The van der Waals surface area contributed by atoms with Crippen LogP contribution in [0.4, 0.5) is 4.79 Å². The molecule has 5 rings (SSSR count). The molecule has 0 aromatic heterocycles. The summed E-state index contributed by atoms with van der Waals surface area (Å²) in [5, 5.41) is 16.0. The predicted molar refractivity (Wildman–Crippen MR) is 405 cm³/mol. The maximum Gasteiger partial charge on any atom is 0.407 e. The first-order valence-electron chi connectivity index (χ1n) is 38.0. The van der Waals surface area contributed by atoms with E-state index in [1.165, 1.54) is 6.08 Å². The Morgan fingerprint density at radius 1 is 0.630 bits per heavy atom. The largest absolute Gasteiger partial charge is 0.462 e. The topological polar surface area (TPSA) is 203 Å². The first kappa shape index (κ1) is 86.7. The van der Waals surface area contributed by atoms with Crippen molar-refractivity contribution in [2.24, 2.45) is 23.7 Å². The molecule has 18 nitrogen and oxygen atoms in total. The molecule has 0 radical (unpaired) electrons. The molecule has 19 atom stereocenters. The average Bonchev–Trinajstić information content (AvgIpc) is 0.760. The van der Waals surface area contributed by atoms with Crippen molar-refractivity contribution in [3.05, 3.63) is 110 Å². The van der Waals surface area contributed by atoms with Gasteiger partial charge in [0.1, 0.15) is 44.9 Å². The van der Waals surface area contributed by atoms with Gasteiger partial charge in [-0.05, 0) is 79.7 Å². The second kappa shape index (κ2) is 42.9. The molecule has 568 valence electrons. The summed E-state index contributed by atoms with van der Waals surface area (Å²) >= 11 is 0. The molecule has 0 saturated carbocycles. The van der Waals surface area contributed by atoms with Crippen LogP contribution in [0, 0.1) is 23.7 Å². The summed E-state index contributed by atoms with van der Waals surface area (Å²) in [6.45, 7) is 44.9. The zero-order valence-electron chi connectivity index (χ0n) is 64.5. The number of carbonyl (C=O) groups excluding carboxylic acids is 3. The number of nitrogens with one attached hydrogen (secondary N) is 1. The summed E-state index contributed by atoms with van der Waals surface area (Å²) in [7, 11) is -5.68. The molecule has 5 heterocycles. The van der Waals surface area contributed by atoms with Gasteiger partial charge in [-0.15, -0.1) is 0 Å². The van der Waals surface area contributed by atoms with E-state index in [1.807, 2.05) is 86.8 Å². The summed E-state index contributed by atoms with van der Waals surface area (Å²) in [6, 6.07) is 4.44. The highest BCUT2D eigenvalue weighted by molar-refractivity contribution is 6.82. The zero-order chi connectivity index (χ0) is 73.8. The molecule has 0 aromatic carbocycles. The van der Waals surface area contributed by atoms with Crippen molar-refractivity contribution in [3.8, 4) is 0 Å². The molecule has 21 heteroatoms. The van der Waals surface area contributed by atoms with Crippen molar-refractivity contribution >= 4 is 42.7 Å². The van der Waals surface area contributed by atoms with E-state index >= 15 is 4.79 Å². The molecule has 4 saturated heterocycles. The number of methoxy groups -OCH3 is 1. The molecule has 5 aliphatic rings. The third-order valence-electron chi connectivity index (χ3n) is 23.4. The average molecular weight is 1450 g/mol. The van der Waals surface area contributed by atoms with Crippen molar-refractivity contribution in [1.82, 2.24) is 5.32 Å². The summed E-state index contributed by atoms with van der Waals surface area (Å²) in [6.07, 6.45) is 25.0. The van der Waals surface area contributed by atoms with Crippen LogP contribution in [0.1, 0.15) is 169 Å². The van der Waals surface area contributed by atoms with Crippen molar-refractivity contribution < 1.29 is 80.4 Å². The van der Waals surface area contributed by atoms with Gasteiger partial charge in [0.05, 0.1) is 75.5 Å². The fourth-order valence-electron chi connectivity index (χ4n) is 16.3. The van der Waals surface area contributed by atoms with Crippen molar-refractivity contribution in [2.75, 3.05) is 33.9 Å². The third kappa shape index (κ3) is 24.1. The summed E-state index contributed by atoms with van der Waals surface area (Å²) in [4.78, 5) is 42.6. The third-order valence-corrected chi connectivity index (χ3v) is 41.0. The number of aliphatic hydroxyl groups is 1. The Kier molecular flexibility index (Phi) is 37.2. The Morgan fingerprint density at radius 3 is 1.72 bits per heavy atom. The molecular formula is C79H133NO17Si3. The minimum Gasteiger partial charge on any atom is -0.462 e. The van der Waals surface area contributed by atoms with E-state index in [4.69, 9.17) is 61.0 Å². The molecule has 2 N–H and O–H groups in total. The van der Waals surface area contributed by atoms with Crippen LogP contribution >= 0.6 is 0 Å². The lowest BCUT2D eigenvalue weighted by atomic mass is 9.82. The van der Waals surface area contributed by atoms with Crippen LogP contribution in [0.25, 0.3) is 0 Å². The SMILES string of the molecule is C=CCOC(=O)N[C@@H]1[C@@H](O)[C@H](O[C@H]2/C=C/C=C/C=C/C=C/C=C/C=C/C=C/[C@H](C)C(C)[C@@H](C)[C@H](C)OC(=O)C[C@H]3C[C@@H](CC[C@@H](O[Si](CC)(CC)C(C)C)[C@H]4C[C@@H](C[C@]5(OC)C[C@H](O[Si](CC)(CC)C(C)C)[C@@H](C(=O)OCC=C)C(C2)O5)OCO4)OCO3)O[C@H](C)[C@H]1[Si](CC)(CC)C(C)C. The molecule has 0 spiro atoms. The van der Waals surface area contributed by atoms with Gasteiger partial charge in [0, 0.05) is 44.8 Å². The molecule has 0 aliphatic carbocycles. The number of amides is 1. The van der Waals surface area contributed by atoms with E-state index < -0.39 is 97.4 Å². The van der Waals surface area contributed by atoms with Gasteiger partial charge < -0.3 is 71.4 Å². The van der Waals surface area contributed by atoms with E-state index in [1.54, 1.807) is 13.2 Å². The summed E-state index contributed by atoms with van der Waals surface area (Å²) in [5.41, 5.74) is 0.568. The van der Waals surface area contributed by atoms with Gasteiger partial charge in [-0.1, -0.05) is 232 Å². The van der Waals surface area contributed by atoms with Gasteiger partial charge >= 0.3 is 18.0 Å². The molecule has 5 aliphatic heterocycles. The number of fused-ring (bicyclic) bond motifs is 6. The molecular weight excluding hydrogens is 1320 g/mol. The van der Waals surface area contributed by atoms with E-state index in [-0.39, 0.29) is 123 Å². The number of hydrogen-bond donors (Lipinski definition) is 2. The monoisotopic (exact) mass is 1450 g/mol. The lowest BCUT2D eigenvalue weighted by Crippen LogP contribution is -2.66. The summed E-state index contributed by atoms with van der Waals surface area (Å²) in [5.74, 6) is -2.59. The second-order valence-electron chi connectivity index (χ2n) is 29.6. The fraction of sp³-hybridized carbons (Fsp3) is 0.734. The van der Waals surface area contributed by atoms with Crippen LogP contribution < -0.4 is 5.32 Å². The lowest BCUT2D eigenvalue weighted by molar-refractivity contribution is -0.322. The number of cyclic esters (lactones) is 1. The molecule has 1 amide bonds. The summed E-state index contributed by atoms with van der Waals surface area (Å²) < 4.78 is 87.2. The highest BCUT2D eigenvalue weighted by Gasteiger charge is 2.58. The Balaban J connectivity index is 1.68. The van der Waals surface area contributed by atoms with E-state index in [0.29, 0.717) is 31.2 Å². The van der Waals surface area contributed by atoms with E-state index in [2.05, 4.69) is 134 Å². The number of esters is 2. The highest BCUT2D eigenvalue weighted by atomic mass is 28.4. The zero-order valence-corrected chi connectivity index (χ0v) is 67.5. The molecule has 2 unspecified atom stereocenters. The van der Waals surface area contributed by atoms with E-state index in [9.17, 15) is 14.7 Å². The predicted octanol–water partition coefficient (Wildman–Crippen LogP) is 17.0. The van der Waals surface area contributed by atoms with Crippen molar-refractivity contribution in [2.45, 2.75) is 313 Å². The smallest absolute Gasteiger partial charge is 0.407 e. The van der Waals surface area contributed by atoms with Gasteiger partial charge in [0.15, 0.2) is 28.7 Å². The van der Waals surface area contributed by atoms with Crippen molar-refractivity contribution in [3.63, 3.8) is 0 Å². The Bertz CT molecular complexity index is 2690. The van der Waals surface area contributed by atoms with Crippen LogP contribution in [0.15, 0.2) is 110 Å². The molecule has 6 bridgehead atoms. The number of alkyl carbamates (subject to hydrolysis) is 1. The minimum atomic E-state index is -2.63. The maximum absolute atomic E-state index is 15.2. The van der Waals surface area contributed by atoms with Crippen LogP contribution in [0.5, 0.6) is 0 Å².